The van der Waals surface area contributed by atoms with Gasteiger partial charge in [-0.3, -0.25) is 9.59 Å². The number of amides is 2. The van der Waals surface area contributed by atoms with Crippen LogP contribution in [0, 0.1) is 5.92 Å². The largest absolute Gasteiger partial charge is 0.344 e. The highest BCUT2D eigenvalue weighted by molar-refractivity contribution is 5.87. The summed E-state index contributed by atoms with van der Waals surface area (Å²) in [5, 5.41) is 2.80. The van der Waals surface area contributed by atoms with Gasteiger partial charge in [0.1, 0.15) is 6.04 Å². The zero-order valence-electron chi connectivity index (χ0n) is 11.2. The van der Waals surface area contributed by atoms with Crippen molar-refractivity contribution >= 4 is 11.8 Å². The summed E-state index contributed by atoms with van der Waals surface area (Å²) in [5.41, 5.74) is 0. The van der Waals surface area contributed by atoms with Crippen molar-refractivity contribution in [1.82, 2.24) is 10.2 Å². The third-order valence-corrected chi connectivity index (χ3v) is 3.51. The molecule has 2 atom stereocenters. The lowest BCUT2D eigenvalue weighted by atomic mass is 9.97. The molecular weight excluding hydrogens is 216 g/mol. The van der Waals surface area contributed by atoms with E-state index >= 15 is 0 Å². The van der Waals surface area contributed by atoms with E-state index in [4.69, 9.17) is 0 Å². The van der Waals surface area contributed by atoms with E-state index < -0.39 is 0 Å². The summed E-state index contributed by atoms with van der Waals surface area (Å²) in [6.07, 6.45) is 4.26. The van der Waals surface area contributed by atoms with Crippen LogP contribution in [0.15, 0.2) is 0 Å². The molecule has 0 aromatic heterocycles. The monoisotopic (exact) mass is 240 g/mol. The molecule has 0 unspecified atom stereocenters. The Bertz CT molecular complexity index is 273. The SMILES string of the molecule is CC[C@H](C)[C@H](NC(C)=O)C(=O)N1CCCCC1. The van der Waals surface area contributed by atoms with Crippen molar-refractivity contribution in [2.75, 3.05) is 13.1 Å². The molecule has 1 aliphatic heterocycles. The first-order chi connectivity index (χ1) is 8.06. The molecule has 0 aromatic rings. The van der Waals surface area contributed by atoms with E-state index in [0.29, 0.717) is 0 Å². The number of nitrogens with one attached hydrogen (secondary N) is 1. The van der Waals surface area contributed by atoms with Crippen LogP contribution in [-0.4, -0.2) is 35.8 Å². The summed E-state index contributed by atoms with van der Waals surface area (Å²) in [4.78, 5) is 25.4. The molecule has 1 rings (SSSR count). The van der Waals surface area contributed by atoms with Gasteiger partial charge >= 0.3 is 0 Å². The molecule has 0 saturated carbocycles. The fourth-order valence-electron chi connectivity index (χ4n) is 2.21. The van der Waals surface area contributed by atoms with Crippen LogP contribution in [0.25, 0.3) is 0 Å². The predicted molar refractivity (Wildman–Crippen MR) is 67.5 cm³/mol. The predicted octanol–water partition coefficient (Wildman–Crippen LogP) is 1.55. The molecule has 1 fully saturated rings. The third-order valence-electron chi connectivity index (χ3n) is 3.51. The maximum Gasteiger partial charge on any atom is 0.245 e. The Kier molecular flexibility index (Phi) is 5.45. The number of rotatable bonds is 4. The Morgan fingerprint density at radius 1 is 1.24 bits per heavy atom. The minimum atomic E-state index is -0.351. The molecule has 0 aliphatic carbocycles. The molecule has 0 aromatic carbocycles. The van der Waals surface area contributed by atoms with E-state index in [9.17, 15) is 9.59 Å². The Morgan fingerprint density at radius 2 is 1.82 bits per heavy atom. The summed E-state index contributed by atoms with van der Waals surface area (Å²) in [6, 6.07) is -0.351. The van der Waals surface area contributed by atoms with Crippen LogP contribution >= 0.6 is 0 Å². The van der Waals surface area contributed by atoms with E-state index in [0.717, 1.165) is 32.4 Å². The summed E-state index contributed by atoms with van der Waals surface area (Å²) in [5.74, 6) is 0.156. The normalized spacial score (nSPS) is 19.6. The first kappa shape index (κ1) is 14.0. The van der Waals surface area contributed by atoms with Gasteiger partial charge in [0.15, 0.2) is 0 Å². The second kappa shape index (κ2) is 6.62. The fourth-order valence-corrected chi connectivity index (χ4v) is 2.21. The Labute approximate surface area is 104 Å². The van der Waals surface area contributed by atoms with Gasteiger partial charge in [-0.25, -0.2) is 0 Å². The second-order valence-electron chi connectivity index (χ2n) is 4.95. The molecule has 98 valence electrons. The van der Waals surface area contributed by atoms with E-state index in [1.807, 2.05) is 18.7 Å². The van der Waals surface area contributed by atoms with Gasteiger partial charge in [-0.05, 0) is 25.2 Å². The van der Waals surface area contributed by atoms with Crippen LogP contribution in [0.4, 0.5) is 0 Å². The van der Waals surface area contributed by atoms with Gasteiger partial charge in [-0.2, -0.15) is 0 Å². The van der Waals surface area contributed by atoms with Crippen LogP contribution in [-0.2, 0) is 9.59 Å². The molecule has 0 spiro atoms. The number of hydrogen-bond donors (Lipinski definition) is 1. The van der Waals surface area contributed by atoms with Crippen molar-refractivity contribution in [3.8, 4) is 0 Å². The average Bonchev–Trinajstić information content (AvgIpc) is 2.35. The molecule has 1 saturated heterocycles. The molecule has 1 N–H and O–H groups in total. The summed E-state index contributed by atoms with van der Waals surface area (Å²) in [6.45, 7) is 7.21. The van der Waals surface area contributed by atoms with Gasteiger partial charge in [0.2, 0.25) is 11.8 Å². The van der Waals surface area contributed by atoms with Crippen molar-refractivity contribution in [2.24, 2.45) is 5.92 Å². The minimum Gasteiger partial charge on any atom is -0.344 e. The van der Waals surface area contributed by atoms with Crippen molar-refractivity contribution in [3.05, 3.63) is 0 Å². The van der Waals surface area contributed by atoms with Crippen LogP contribution in [0.5, 0.6) is 0 Å². The second-order valence-corrected chi connectivity index (χ2v) is 4.95. The summed E-state index contributed by atoms with van der Waals surface area (Å²) < 4.78 is 0. The lowest BCUT2D eigenvalue weighted by Crippen LogP contribution is -2.52. The van der Waals surface area contributed by atoms with Gasteiger partial charge in [-0.15, -0.1) is 0 Å². The molecule has 1 aliphatic rings. The maximum atomic E-state index is 12.3. The number of carbonyl (C=O) groups excluding carboxylic acids is 2. The molecular formula is C13H24N2O2. The highest BCUT2D eigenvalue weighted by atomic mass is 16.2. The van der Waals surface area contributed by atoms with Gasteiger partial charge < -0.3 is 10.2 Å². The Hall–Kier alpha value is -1.06. The quantitative estimate of drug-likeness (QED) is 0.810. The topological polar surface area (TPSA) is 49.4 Å². The van der Waals surface area contributed by atoms with Crippen molar-refractivity contribution in [2.45, 2.75) is 52.5 Å². The number of nitrogens with zero attached hydrogens (tertiary/aromatic N) is 1. The maximum absolute atomic E-state index is 12.3. The van der Waals surface area contributed by atoms with E-state index in [1.54, 1.807) is 0 Å². The Balaban J connectivity index is 2.66. The van der Waals surface area contributed by atoms with E-state index in [1.165, 1.54) is 13.3 Å². The van der Waals surface area contributed by atoms with Gasteiger partial charge in [0.25, 0.3) is 0 Å². The first-order valence-electron chi connectivity index (χ1n) is 6.62. The molecule has 4 nitrogen and oxygen atoms in total. The summed E-state index contributed by atoms with van der Waals surface area (Å²) >= 11 is 0. The molecule has 1 heterocycles. The molecule has 4 heteroatoms. The van der Waals surface area contributed by atoms with Crippen LogP contribution in [0.2, 0.25) is 0 Å². The van der Waals surface area contributed by atoms with Gasteiger partial charge in [0, 0.05) is 20.0 Å². The zero-order chi connectivity index (χ0) is 12.8. The lowest BCUT2D eigenvalue weighted by Gasteiger charge is -2.32. The fraction of sp³-hybridized carbons (Fsp3) is 0.846. The Morgan fingerprint density at radius 3 is 2.29 bits per heavy atom. The van der Waals surface area contributed by atoms with E-state index in [-0.39, 0.29) is 23.8 Å². The summed E-state index contributed by atoms with van der Waals surface area (Å²) in [7, 11) is 0. The smallest absolute Gasteiger partial charge is 0.245 e. The first-order valence-corrected chi connectivity index (χ1v) is 6.62. The number of likely N-dealkylation sites (tertiary alicyclic amines) is 1. The lowest BCUT2D eigenvalue weighted by molar-refractivity contribution is -0.138. The van der Waals surface area contributed by atoms with Gasteiger partial charge in [0.05, 0.1) is 0 Å². The van der Waals surface area contributed by atoms with Gasteiger partial charge in [-0.1, -0.05) is 20.3 Å². The highest BCUT2D eigenvalue weighted by Crippen LogP contribution is 2.15. The zero-order valence-corrected chi connectivity index (χ0v) is 11.2. The number of piperidine rings is 1. The highest BCUT2D eigenvalue weighted by Gasteiger charge is 2.29. The van der Waals surface area contributed by atoms with Crippen LogP contribution in [0.3, 0.4) is 0 Å². The van der Waals surface area contributed by atoms with Crippen molar-refractivity contribution < 1.29 is 9.59 Å². The molecule has 17 heavy (non-hydrogen) atoms. The van der Waals surface area contributed by atoms with Crippen LogP contribution in [0.1, 0.15) is 46.5 Å². The minimum absolute atomic E-state index is 0.0919. The third kappa shape index (κ3) is 4.02. The average molecular weight is 240 g/mol. The molecule has 0 bridgehead atoms. The molecule has 0 radical (unpaired) electrons. The van der Waals surface area contributed by atoms with E-state index in [2.05, 4.69) is 5.32 Å². The van der Waals surface area contributed by atoms with Crippen molar-refractivity contribution in [3.63, 3.8) is 0 Å². The number of carbonyl (C=O) groups is 2. The number of hydrogen-bond acceptors (Lipinski definition) is 2. The van der Waals surface area contributed by atoms with Crippen molar-refractivity contribution in [1.29, 1.82) is 0 Å². The molecule has 2 amide bonds. The standard InChI is InChI=1S/C13H24N2O2/c1-4-10(2)12(14-11(3)16)13(17)15-8-6-5-7-9-15/h10,12H,4-9H2,1-3H3,(H,14,16)/t10-,12-/m0/s1. The van der Waals surface area contributed by atoms with Crippen LogP contribution < -0.4 is 5.32 Å².